The molecule has 0 amide bonds. The molecule has 1 aliphatic rings. The van der Waals surface area contributed by atoms with Gasteiger partial charge < -0.3 is 14.4 Å². The van der Waals surface area contributed by atoms with Gasteiger partial charge in [-0.25, -0.2) is 4.39 Å². The summed E-state index contributed by atoms with van der Waals surface area (Å²) in [6.07, 6.45) is 0. The van der Waals surface area contributed by atoms with E-state index in [-0.39, 0.29) is 11.6 Å². The highest BCUT2D eigenvalue weighted by molar-refractivity contribution is 6.31. The number of hydrogen-bond acceptors (Lipinski definition) is 3. The molecule has 1 heterocycles. The van der Waals surface area contributed by atoms with Gasteiger partial charge in [0.1, 0.15) is 5.82 Å². The average molecular weight is 260 g/mol. The van der Waals surface area contributed by atoms with Crippen molar-refractivity contribution in [3.63, 3.8) is 0 Å². The quantitative estimate of drug-likeness (QED) is 0.832. The Morgan fingerprint density at radius 1 is 1.41 bits per heavy atom. The zero-order chi connectivity index (χ0) is 12.3. The van der Waals surface area contributed by atoms with Crippen LogP contribution in [0.5, 0.6) is 0 Å². The number of halogens is 2. The summed E-state index contributed by atoms with van der Waals surface area (Å²) < 4.78 is 23.9. The second-order valence-corrected chi connectivity index (χ2v) is 4.34. The zero-order valence-corrected chi connectivity index (χ0v) is 10.5. The number of ether oxygens (including phenoxy) is 2. The van der Waals surface area contributed by atoms with Crippen molar-refractivity contribution in [2.75, 3.05) is 38.3 Å². The normalized spacial score (nSPS) is 16.3. The summed E-state index contributed by atoms with van der Waals surface area (Å²) in [5.41, 5.74) is 1.41. The molecule has 0 unspecified atom stereocenters. The smallest absolute Gasteiger partial charge is 0.147 e. The van der Waals surface area contributed by atoms with Gasteiger partial charge in [-0.15, -0.1) is 0 Å². The van der Waals surface area contributed by atoms with Crippen LogP contribution < -0.4 is 4.90 Å². The monoisotopic (exact) mass is 259 g/mol. The molecule has 1 aliphatic heterocycles. The molecule has 0 aliphatic carbocycles. The van der Waals surface area contributed by atoms with Gasteiger partial charge in [0.15, 0.2) is 0 Å². The van der Waals surface area contributed by atoms with Crippen LogP contribution in [0.2, 0.25) is 5.02 Å². The minimum atomic E-state index is -0.398. The molecule has 5 heteroatoms. The molecule has 0 radical (unpaired) electrons. The number of morpholine rings is 1. The van der Waals surface area contributed by atoms with Crippen LogP contribution in [0.4, 0.5) is 10.1 Å². The highest BCUT2D eigenvalue weighted by Gasteiger charge is 2.15. The third kappa shape index (κ3) is 2.89. The first kappa shape index (κ1) is 12.6. The Morgan fingerprint density at radius 3 is 2.76 bits per heavy atom. The van der Waals surface area contributed by atoms with Crippen molar-refractivity contribution in [1.29, 1.82) is 0 Å². The predicted molar refractivity (Wildman–Crippen MR) is 65.2 cm³/mol. The summed E-state index contributed by atoms with van der Waals surface area (Å²) in [7, 11) is 1.54. The fraction of sp³-hybridized carbons (Fsp3) is 0.500. The van der Waals surface area contributed by atoms with Crippen molar-refractivity contribution in [2.45, 2.75) is 6.61 Å². The fourth-order valence-corrected chi connectivity index (χ4v) is 2.13. The van der Waals surface area contributed by atoms with Gasteiger partial charge in [0.25, 0.3) is 0 Å². The first-order valence-electron chi connectivity index (χ1n) is 5.52. The molecule has 0 spiro atoms. The lowest BCUT2D eigenvalue weighted by Crippen LogP contribution is -2.36. The molecular formula is C12H15ClFNO2. The SMILES string of the molecule is COCc1cc(N2CCOCC2)cc(Cl)c1F. The molecule has 3 nitrogen and oxygen atoms in total. The van der Waals surface area contributed by atoms with E-state index < -0.39 is 5.82 Å². The predicted octanol–water partition coefficient (Wildman–Crippen LogP) is 2.46. The summed E-state index contributed by atoms with van der Waals surface area (Å²) >= 11 is 5.89. The highest BCUT2D eigenvalue weighted by Crippen LogP contribution is 2.27. The van der Waals surface area contributed by atoms with Crippen molar-refractivity contribution >= 4 is 17.3 Å². The summed E-state index contributed by atoms with van der Waals surface area (Å²) in [6.45, 7) is 3.20. The topological polar surface area (TPSA) is 21.7 Å². The summed E-state index contributed by atoms with van der Waals surface area (Å²) in [6, 6.07) is 3.44. The molecule has 0 atom stereocenters. The Labute approximate surface area is 105 Å². The molecular weight excluding hydrogens is 245 g/mol. The molecule has 2 rings (SSSR count). The van der Waals surface area contributed by atoms with E-state index in [2.05, 4.69) is 4.90 Å². The second kappa shape index (κ2) is 5.67. The van der Waals surface area contributed by atoms with Crippen molar-refractivity contribution < 1.29 is 13.9 Å². The third-order valence-electron chi connectivity index (χ3n) is 2.76. The van der Waals surface area contributed by atoms with Gasteiger partial charge in [-0.3, -0.25) is 0 Å². The summed E-state index contributed by atoms with van der Waals surface area (Å²) in [4.78, 5) is 2.13. The number of nitrogens with zero attached hydrogens (tertiary/aromatic N) is 1. The molecule has 94 valence electrons. The molecule has 0 bridgehead atoms. The molecule has 0 N–H and O–H groups in total. The average Bonchev–Trinajstić information content (AvgIpc) is 2.36. The van der Waals surface area contributed by atoms with Gasteiger partial charge in [0, 0.05) is 31.5 Å². The van der Waals surface area contributed by atoms with Gasteiger partial charge in [0.2, 0.25) is 0 Å². The van der Waals surface area contributed by atoms with Crippen LogP contribution in [-0.2, 0) is 16.1 Å². The van der Waals surface area contributed by atoms with Crippen LogP contribution in [0.25, 0.3) is 0 Å². The van der Waals surface area contributed by atoms with Crippen LogP contribution in [0.15, 0.2) is 12.1 Å². The molecule has 17 heavy (non-hydrogen) atoms. The van der Waals surface area contributed by atoms with Crippen molar-refractivity contribution in [2.24, 2.45) is 0 Å². The Kier molecular flexibility index (Phi) is 4.20. The third-order valence-corrected chi connectivity index (χ3v) is 3.04. The maximum absolute atomic E-state index is 13.7. The van der Waals surface area contributed by atoms with E-state index in [0.29, 0.717) is 18.8 Å². The van der Waals surface area contributed by atoms with E-state index in [4.69, 9.17) is 21.1 Å². The van der Waals surface area contributed by atoms with E-state index in [1.807, 2.05) is 0 Å². The first-order chi connectivity index (χ1) is 8.22. The van der Waals surface area contributed by atoms with Gasteiger partial charge in [-0.2, -0.15) is 0 Å². The van der Waals surface area contributed by atoms with Crippen molar-refractivity contribution in [1.82, 2.24) is 0 Å². The van der Waals surface area contributed by atoms with Gasteiger partial charge in [-0.05, 0) is 12.1 Å². The van der Waals surface area contributed by atoms with E-state index in [1.165, 1.54) is 7.11 Å². The van der Waals surface area contributed by atoms with Crippen LogP contribution in [0, 0.1) is 5.82 Å². The zero-order valence-electron chi connectivity index (χ0n) is 9.71. The first-order valence-corrected chi connectivity index (χ1v) is 5.89. The van der Waals surface area contributed by atoms with Crippen LogP contribution in [0.1, 0.15) is 5.56 Å². The number of methoxy groups -OCH3 is 1. The number of rotatable bonds is 3. The summed E-state index contributed by atoms with van der Waals surface area (Å²) in [5.74, 6) is -0.398. The van der Waals surface area contributed by atoms with Crippen LogP contribution >= 0.6 is 11.6 Å². The van der Waals surface area contributed by atoms with E-state index >= 15 is 0 Å². The minimum absolute atomic E-state index is 0.140. The Hall–Kier alpha value is -0.840. The molecule has 1 aromatic carbocycles. The molecule has 1 aromatic rings. The molecule has 0 aromatic heterocycles. The Bertz CT molecular complexity index is 394. The van der Waals surface area contributed by atoms with Gasteiger partial charge in [-0.1, -0.05) is 11.6 Å². The second-order valence-electron chi connectivity index (χ2n) is 3.93. The largest absolute Gasteiger partial charge is 0.380 e. The highest BCUT2D eigenvalue weighted by atomic mass is 35.5. The van der Waals surface area contributed by atoms with Crippen molar-refractivity contribution in [3.8, 4) is 0 Å². The van der Waals surface area contributed by atoms with E-state index in [0.717, 1.165) is 18.8 Å². The number of hydrogen-bond donors (Lipinski definition) is 0. The van der Waals surface area contributed by atoms with Gasteiger partial charge >= 0.3 is 0 Å². The van der Waals surface area contributed by atoms with Crippen LogP contribution in [-0.4, -0.2) is 33.4 Å². The molecule has 0 saturated carbocycles. The van der Waals surface area contributed by atoms with Crippen molar-refractivity contribution in [3.05, 3.63) is 28.5 Å². The fourth-order valence-electron chi connectivity index (χ4n) is 1.89. The number of benzene rings is 1. The Balaban J connectivity index is 2.27. The van der Waals surface area contributed by atoms with Crippen LogP contribution in [0.3, 0.4) is 0 Å². The Morgan fingerprint density at radius 2 is 2.12 bits per heavy atom. The molecule has 1 fully saturated rings. The summed E-state index contributed by atoms with van der Waals surface area (Å²) in [5, 5.41) is 0.140. The minimum Gasteiger partial charge on any atom is -0.380 e. The number of anilines is 1. The van der Waals surface area contributed by atoms with E-state index in [1.54, 1.807) is 12.1 Å². The van der Waals surface area contributed by atoms with E-state index in [9.17, 15) is 4.39 Å². The standard InChI is InChI=1S/C12H15ClFNO2/c1-16-8-9-6-10(7-11(13)12(9)14)15-2-4-17-5-3-15/h6-7H,2-5,8H2,1H3. The molecule has 1 saturated heterocycles. The van der Waals surface area contributed by atoms with Gasteiger partial charge in [0.05, 0.1) is 24.8 Å². The lowest BCUT2D eigenvalue weighted by Gasteiger charge is -2.29. The maximum atomic E-state index is 13.7. The maximum Gasteiger partial charge on any atom is 0.147 e. The lowest BCUT2D eigenvalue weighted by molar-refractivity contribution is 0.122. The lowest BCUT2D eigenvalue weighted by atomic mass is 10.1.